The van der Waals surface area contributed by atoms with Crippen LogP contribution in [0.1, 0.15) is 6.92 Å². The summed E-state index contributed by atoms with van der Waals surface area (Å²) in [6.45, 7) is 1.33. The van der Waals surface area contributed by atoms with Crippen molar-refractivity contribution in [2.24, 2.45) is 0 Å². The molecule has 3 nitrogen and oxygen atoms in total. The van der Waals surface area contributed by atoms with Gasteiger partial charge in [-0.15, -0.1) is 0 Å². The minimum atomic E-state index is -3.82. The zero-order valence-corrected chi connectivity index (χ0v) is 8.24. The summed E-state index contributed by atoms with van der Waals surface area (Å²) >= 11 is 0. The number of anilines is 1. The highest BCUT2D eigenvalue weighted by Gasteiger charge is 2.23. The van der Waals surface area contributed by atoms with Gasteiger partial charge < -0.3 is 5.73 Å². The molecule has 0 aliphatic carbocycles. The van der Waals surface area contributed by atoms with E-state index in [0.717, 1.165) is 12.1 Å². The molecule has 0 aliphatic rings. The number of rotatable bonds is 2. The van der Waals surface area contributed by atoms with E-state index in [-0.39, 0.29) is 11.4 Å². The van der Waals surface area contributed by atoms with Crippen molar-refractivity contribution in [1.82, 2.24) is 0 Å². The fourth-order valence-electron chi connectivity index (χ4n) is 1.01. The lowest BCUT2D eigenvalue weighted by Crippen LogP contribution is -2.10. The molecule has 2 N–H and O–H groups in total. The van der Waals surface area contributed by atoms with Crippen LogP contribution in [0.25, 0.3) is 0 Å². The molecule has 14 heavy (non-hydrogen) atoms. The van der Waals surface area contributed by atoms with Gasteiger partial charge in [0.2, 0.25) is 0 Å². The highest BCUT2D eigenvalue weighted by Crippen LogP contribution is 2.24. The first-order valence-electron chi connectivity index (χ1n) is 3.86. The maximum Gasteiger partial charge on any atom is 0.183 e. The van der Waals surface area contributed by atoms with Crippen LogP contribution in [0.4, 0.5) is 14.5 Å². The average molecular weight is 221 g/mol. The van der Waals surface area contributed by atoms with Gasteiger partial charge in [-0.2, -0.15) is 0 Å². The summed E-state index contributed by atoms with van der Waals surface area (Å²) in [5.74, 6) is -2.95. The molecule has 0 atom stereocenters. The molecule has 0 radical (unpaired) electrons. The monoisotopic (exact) mass is 221 g/mol. The Bertz CT molecular complexity index is 457. The smallest absolute Gasteiger partial charge is 0.183 e. The number of sulfone groups is 1. The fourth-order valence-corrected chi connectivity index (χ4v) is 2.09. The van der Waals surface area contributed by atoms with Crippen molar-refractivity contribution in [2.75, 3.05) is 11.5 Å². The average Bonchev–Trinajstić information content (AvgIpc) is 2.12. The van der Waals surface area contributed by atoms with Gasteiger partial charge in [0.15, 0.2) is 21.5 Å². The van der Waals surface area contributed by atoms with Crippen LogP contribution in [0.3, 0.4) is 0 Å². The predicted molar refractivity (Wildman–Crippen MR) is 48.5 cm³/mol. The minimum Gasteiger partial charge on any atom is -0.398 e. The molecule has 0 saturated carbocycles. The van der Waals surface area contributed by atoms with Crippen molar-refractivity contribution < 1.29 is 17.2 Å². The van der Waals surface area contributed by atoms with Gasteiger partial charge in [0.05, 0.1) is 11.4 Å². The Kier molecular flexibility index (Phi) is 2.75. The van der Waals surface area contributed by atoms with Crippen molar-refractivity contribution in [3.05, 3.63) is 23.8 Å². The second-order valence-electron chi connectivity index (χ2n) is 2.68. The van der Waals surface area contributed by atoms with Crippen LogP contribution in [0.5, 0.6) is 0 Å². The van der Waals surface area contributed by atoms with Gasteiger partial charge >= 0.3 is 0 Å². The van der Waals surface area contributed by atoms with Crippen molar-refractivity contribution in [3.8, 4) is 0 Å². The number of nitrogens with two attached hydrogens (primary N) is 1. The lowest BCUT2D eigenvalue weighted by molar-refractivity contribution is 0.486. The third kappa shape index (κ3) is 1.70. The first-order valence-corrected chi connectivity index (χ1v) is 5.51. The second-order valence-corrected chi connectivity index (χ2v) is 4.90. The summed E-state index contributed by atoms with van der Waals surface area (Å²) in [5, 5.41) is 0. The molecule has 6 heteroatoms. The Morgan fingerprint density at radius 3 is 2.43 bits per heavy atom. The van der Waals surface area contributed by atoms with Crippen molar-refractivity contribution in [3.63, 3.8) is 0 Å². The number of hydrogen-bond acceptors (Lipinski definition) is 3. The van der Waals surface area contributed by atoms with E-state index in [2.05, 4.69) is 0 Å². The third-order valence-corrected chi connectivity index (χ3v) is 3.57. The highest BCUT2D eigenvalue weighted by atomic mass is 32.2. The topological polar surface area (TPSA) is 60.2 Å². The first kappa shape index (κ1) is 10.9. The standard InChI is InChI=1S/C8H9F2NO2S/c1-2-14(12,13)8-6(11)4-3-5(9)7(8)10/h3-4H,2,11H2,1H3. The van der Waals surface area contributed by atoms with E-state index in [9.17, 15) is 17.2 Å². The maximum atomic E-state index is 13.1. The van der Waals surface area contributed by atoms with E-state index in [1.165, 1.54) is 6.92 Å². The lowest BCUT2D eigenvalue weighted by atomic mass is 10.3. The second kappa shape index (κ2) is 3.53. The molecule has 0 spiro atoms. The van der Waals surface area contributed by atoms with Crippen LogP contribution >= 0.6 is 0 Å². The Hall–Kier alpha value is -1.17. The van der Waals surface area contributed by atoms with Crippen LogP contribution < -0.4 is 5.73 Å². The molecule has 0 aromatic heterocycles. The molecule has 0 heterocycles. The summed E-state index contributed by atoms with van der Waals surface area (Å²) in [6, 6.07) is 1.82. The molecular formula is C8H9F2NO2S. The number of nitrogen functional groups attached to an aromatic ring is 1. The largest absolute Gasteiger partial charge is 0.398 e. The third-order valence-electron chi connectivity index (χ3n) is 1.77. The molecule has 0 amide bonds. The van der Waals surface area contributed by atoms with Gasteiger partial charge in [-0.3, -0.25) is 0 Å². The minimum absolute atomic E-state index is 0.272. The lowest BCUT2D eigenvalue weighted by Gasteiger charge is -2.06. The van der Waals surface area contributed by atoms with E-state index in [1.807, 2.05) is 0 Å². The first-order chi connectivity index (χ1) is 6.40. The quantitative estimate of drug-likeness (QED) is 0.766. The van der Waals surface area contributed by atoms with E-state index in [0.29, 0.717) is 0 Å². The van der Waals surface area contributed by atoms with Crippen molar-refractivity contribution in [2.45, 2.75) is 11.8 Å². The molecule has 0 fully saturated rings. The molecule has 0 saturated heterocycles. The molecule has 1 aromatic rings. The number of halogens is 2. The molecular weight excluding hydrogens is 212 g/mol. The molecule has 78 valence electrons. The van der Waals surface area contributed by atoms with Crippen LogP contribution in [-0.2, 0) is 9.84 Å². The predicted octanol–water partition coefficient (Wildman–Crippen LogP) is 1.34. The summed E-state index contributed by atoms with van der Waals surface area (Å²) < 4.78 is 48.5. The van der Waals surface area contributed by atoms with Gasteiger partial charge in [0.25, 0.3) is 0 Å². The highest BCUT2D eigenvalue weighted by molar-refractivity contribution is 7.91. The van der Waals surface area contributed by atoms with Crippen molar-refractivity contribution in [1.29, 1.82) is 0 Å². The zero-order chi connectivity index (χ0) is 10.9. The van der Waals surface area contributed by atoms with Gasteiger partial charge in [0.1, 0.15) is 4.90 Å². The Morgan fingerprint density at radius 1 is 1.36 bits per heavy atom. The summed E-state index contributed by atoms with van der Waals surface area (Å²) in [5.41, 5.74) is 4.99. The summed E-state index contributed by atoms with van der Waals surface area (Å²) in [7, 11) is -3.82. The maximum absolute atomic E-state index is 13.1. The molecule has 1 rings (SSSR count). The molecule has 0 bridgehead atoms. The summed E-state index contributed by atoms with van der Waals surface area (Å²) in [4.78, 5) is -0.750. The summed E-state index contributed by atoms with van der Waals surface area (Å²) in [6.07, 6.45) is 0. The van der Waals surface area contributed by atoms with Gasteiger partial charge in [0, 0.05) is 0 Å². The molecule has 0 aliphatic heterocycles. The van der Waals surface area contributed by atoms with Crippen LogP contribution in [-0.4, -0.2) is 14.2 Å². The Labute approximate surface area is 80.5 Å². The van der Waals surface area contributed by atoms with Crippen LogP contribution in [0.2, 0.25) is 0 Å². The fraction of sp³-hybridized carbons (Fsp3) is 0.250. The number of benzene rings is 1. The molecule has 0 unspecified atom stereocenters. The molecule has 1 aromatic carbocycles. The van der Waals surface area contributed by atoms with E-state index < -0.39 is 26.4 Å². The SMILES string of the molecule is CCS(=O)(=O)c1c(N)ccc(F)c1F. The van der Waals surface area contributed by atoms with E-state index in [1.54, 1.807) is 0 Å². The van der Waals surface area contributed by atoms with E-state index >= 15 is 0 Å². The van der Waals surface area contributed by atoms with Gasteiger partial charge in [-0.1, -0.05) is 6.92 Å². The Balaban J connectivity index is 3.56. The normalized spacial score (nSPS) is 11.6. The zero-order valence-electron chi connectivity index (χ0n) is 7.42. The van der Waals surface area contributed by atoms with Gasteiger partial charge in [-0.05, 0) is 12.1 Å². The van der Waals surface area contributed by atoms with Crippen molar-refractivity contribution >= 4 is 15.5 Å². The van der Waals surface area contributed by atoms with Gasteiger partial charge in [-0.25, -0.2) is 17.2 Å². The van der Waals surface area contributed by atoms with Crippen LogP contribution in [0.15, 0.2) is 17.0 Å². The van der Waals surface area contributed by atoms with Crippen LogP contribution in [0, 0.1) is 11.6 Å². The number of hydrogen-bond donors (Lipinski definition) is 1. The van der Waals surface area contributed by atoms with E-state index in [4.69, 9.17) is 5.73 Å². The Morgan fingerprint density at radius 2 is 1.93 bits per heavy atom.